The van der Waals surface area contributed by atoms with Crippen molar-refractivity contribution in [1.29, 1.82) is 0 Å². The Morgan fingerprint density at radius 2 is 2.03 bits per heavy atom. The quantitative estimate of drug-likeness (QED) is 0.819. The average molecular weight is 409 g/mol. The molecule has 1 fully saturated rings. The minimum Gasteiger partial charge on any atom is -0.382 e. The molecule has 2 amide bonds. The second-order valence-electron chi connectivity index (χ2n) is 7.89. The van der Waals surface area contributed by atoms with Gasteiger partial charge < -0.3 is 15.5 Å². The SMILES string of the molecule is O=C1NCC2=C1C(c1ccccc1)N(C(=O)Cc1nccs1)C1CCCCC1N2. The van der Waals surface area contributed by atoms with Crippen molar-refractivity contribution < 1.29 is 9.59 Å². The summed E-state index contributed by atoms with van der Waals surface area (Å²) in [5.74, 6) is -0.0343. The Morgan fingerprint density at radius 1 is 1.21 bits per heavy atom. The second-order valence-corrected chi connectivity index (χ2v) is 8.87. The molecule has 0 spiro atoms. The van der Waals surface area contributed by atoms with Crippen LogP contribution in [0.1, 0.15) is 42.3 Å². The molecule has 3 unspecified atom stereocenters. The maximum Gasteiger partial charge on any atom is 0.251 e. The van der Waals surface area contributed by atoms with E-state index in [1.54, 1.807) is 6.20 Å². The van der Waals surface area contributed by atoms with Crippen molar-refractivity contribution in [1.82, 2.24) is 20.5 Å². The van der Waals surface area contributed by atoms with Gasteiger partial charge in [-0.25, -0.2) is 4.98 Å². The molecule has 1 aliphatic carbocycles. The van der Waals surface area contributed by atoms with Crippen molar-refractivity contribution in [3.8, 4) is 0 Å². The van der Waals surface area contributed by atoms with Crippen molar-refractivity contribution in [3.63, 3.8) is 0 Å². The number of hydrogen-bond donors (Lipinski definition) is 2. The van der Waals surface area contributed by atoms with Crippen LogP contribution < -0.4 is 10.6 Å². The van der Waals surface area contributed by atoms with Gasteiger partial charge in [-0.05, 0) is 18.4 Å². The number of amides is 2. The lowest BCUT2D eigenvalue weighted by Gasteiger charge is -2.42. The highest BCUT2D eigenvalue weighted by Gasteiger charge is 2.46. The topological polar surface area (TPSA) is 74.3 Å². The van der Waals surface area contributed by atoms with Crippen LogP contribution in [-0.2, 0) is 16.0 Å². The summed E-state index contributed by atoms with van der Waals surface area (Å²) in [4.78, 5) is 32.9. The first-order valence-corrected chi connectivity index (χ1v) is 11.1. The summed E-state index contributed by atoms with van der Waals surface area (Å²) in [5, 5.41) is 9.32. The van der Waals surface area contributed by atoms with Crippen LogP contribution in [0, 0.1) is 0 Å². The van der Waals surface area contributed by atoms with E-state index in [1.165, 1.54) is 11.3 Å². The zero-order valence-electron chi connectivity index (χ0n) is 16.1. The molecule has 7 heteroatoms. The normalized spacial score (nSPS) is 26.3. The van der Waals surface area contributed by atoms with Crippen LogP contribution in [0.25, 0.3) is 0 Å². The van der Waals surface area contributed by atoms with E-state index in [-0.39, 0.29) is 36.4 Å². The largest absolute Gasteiger partial charge is 0.382 e. The molecule has 1 aromatic carbocycles. The molecule has 0 bridgehead atoms. The molecule has 1 aromatic heterocycles. The average Bonchev–Trinajstić information content (AvgIpc) is 3.34. The van der Waals surface area contributed by atoms with E-state index in [9.17, 15) is 9.59 Å². The van der Waals surface area contributed by atoms with Gasteiger partial charge in [0.2, 0.25) is 5.91 Å². The zero-order chi connectivity index (χ0) is 19.8. The number of thiazole rings is 1. The lowest BCUT2D eigenvalue weighted by atomic mass is 9.87. The van der Waals surface area contributed by atoms with Gasteiger partial charge in [-0.2, -0.15) is 0 Å². The number of aromatic nitrogens is 1. The van der Waals surface area contributed by atoms with E-state index >= 15 is 0 Å². The van der Waals surface area contributed by atoms with Crippen LogP contribution in [-0.4, -0.2) is 40.3 Å². The van der Waals surface area contributed by atoms with Gasteiger partial charge in [-0.1, -0.05) is 43.2 Å². The first-order valence-electron chi connectivity index (χ1n) is 10.2. The Balaban J connectivity index is 1.63. The highest BCUT2D eigenvalue weighted by atomic mass is 32.1. The lowest BCUT2D eigenvalue weighted by Crippen LogP contribution is -2.54. The van der Waals surface area contributed by atoms with Crippen LogP contribution in [0.2, 0.25) is 0 Å². The Hall–Kier alpha value is -2.67. The molecule has 1 saturated carbocycles. The van der Waals surface area contributed by atoms with Crippen molar-refractivity contribution in [2.45, 2.75) is 50.2 Å². The predicted octanol–water partition coefficient (Wildman–Crippen LogP) is 2.55. The number of benzene rings is 1. The highest BCUT2D eigenvalue weighted by molar-refractivity contribution is 7.09. The molecule has 5 rings (SSSR count). The number of carbonyl (C=O) groups is 2. The van der Waals surface area contributed by atoms with E-state index < -0.39 is 0 Å². The fraction of sp³-hybridized carbons (Fsp3) is 0.409. The van der Waals surface area contributed by atoms with Crippen LogP contribution in [0.5, 0.6) is 0 Å². The molecule has 3 atom stereocenters. The summed E-state index contributed by atoms with van der Waals surface area (Å²) in [5.41, 5.74) is 2.63. The standard InChI is InChI=1S/C22H24N4O2S/c27-19(12-18-23-10-11-29-18)26-17-9-5-4-8-15(17)25-16-13-24-22(28)20(16)21(26)14-6-2-1-3-7-14/h1-3,6-7,10-11,15,17,21,25H,4-5,8-9,12-13H2,(H,24,28). The third-order valence-corrected chi connectivity index (χ3v) is 6.96. The number of hydrogen-bond acceptors (Lipinski definition) is 5. The molecule has 2 aliphatic heterocycles. The van der Waals surface area contributed by atoms with Gasteiger partial charge in [-0.15, -0.1) is 11.3 Å². The van der Waals surface area contributed by atoms with Crippen molar-refractivity contribution in [2.75, 3.05) is 6.54 Å². The smallest absolute Gasteiger partial charge is 0.251 e. The fourth-order valence-corrected chi connectivity index (χ4v) is 5.54. The van der Waals surface area contributed by atoms with Crippen LogP contribution in [0.3, 0.4) is 0 Å². The summed E-state index contributed by atoms with van der Waals surface area (Å²) in [6.45, 7) is 0.509. The van der Waals surface area contributed by atoms with Gasteiger partial charge in [0, 0.05) is 23.3 Å². The predicted molar refractivity (Wildman–Crippen MR) is 111 cm³/mol. The van der Waals surface area contributed by atoms with Crippen LogP contribution in [0.4, 0.5) is 0 Å². The highest BCUT2D eigenvalue weighted by Crippen LogP contribution is 2.40. The molecule has 0 saturated heterocycles. The molecule has 150 valence electrons. The molecular formula is C22H24N4O2S. The van der Waals surface area contributed by atoms with Gasteiger partial charge in [0.05, 0.1) is 30.6 Å². The van der Waals surface area contributed by atoms with Gasteiger partial charge in [0.25, 0.3) is 5.91 Å². The molecule has 3 aliphatic rings. The summed E-state index contributed by atoms with van der Waals surface area (Å²) in [7, 11) is 0. The Labute approximate surface area is 174 Å². The van der Waals surface area contributed by atoms with Gasteiger partial charge >= 0.3 is 0 Å². The Morgan fingerprint density at radius 3 is 2.83 bits per heavy atom. The summed E-state index contributed by atoms with van der Waals surface area (Å²) >= 11 is 1.50. The summed E-state index contributed by atoms with van der Waals surface area (Å²) in [6.07, 6.45) is 6.21. The fourth-order valence-electron chi connectivity index (χ4n) is 4.93. The molecule has 2 N–H and O–H groups in total. The van der Waals surface area contributed by atoms with E-state index in [1.807, 2.05) is 40.6 Å². The molecule has 0 radical (unpaired) electrons. The summed E-state index contributed by atoms with van der Waals surface area (Å²) in [6, 6.07) is 9.83. The molecule has 3 heterocycles. The molecule has 2 aromatic rings. The lowest BCUT2D eigenvalue weighted by molar-refractivity contribution is -0.136. The number of carbonyl (C=O) groups excluding carboxylic acids is 2. The van der Waals surface area contributed by atoms with Gasteiger partial charge in [0.15, 0.2) is 0 Å². The van der Waals surface area contributed by atoms with E-state index in [0.29, 0.717) is 12.1 Å². The van der Waals surface area contributed by atoms with Crippen molar-refractivity contribution in [2.24, 2.45) is 0 Å². The number of nitrogens with one attached hydrogen (secondary N) is 2. The van der Waals surface area contributed by atoms with Crippen molar-refractivity contribution in [3.05, 3.63) is 63.7 Å². The zero-order valence-corrected chi connectivity index (χ0v) is 17.0. The third kappa shape index (κ3) is 3.33. The van der Waals surface area contributed by atoms with Crippen molar-refractivity contribution >= 4 is 23.2 Å². The van der Waals surface area contributed by atoms with Crippen LogP contribution >= 0.6 is 11.3 Å². The molecule has 29 heavy (non-hydrogen) atoms. The first kappa shape index (κ1) is 18.4. The number of rotatable bonds is 3. The van der Waals surface area contributed by atoms with E-state index in [0.717, 1.165) is 42.0 Å². The molecule has 6 nitrogen and oxygen atoms in total. The van der Waals surface area contributed by atoms with E-state index in [4.69, 9.17) is 0 Å². The Bertz CT molecular complexity index is 941. The molecular weight excluding hydrogens is 384 g/mol. The minimum atomic E-state index is -0.373. The van der Waals surface area contributed by atoms with Crippen LogP contribution in [0.15, 0.2) is 53.2 Å². The first-order chi connectivity index (χ1) is 14.2. The van der Waals surface area contributed by atoms with Gasteiger partial charge in [-0.3, -0.25) is 9.59 Å². The van der Waals surface area contributed by atoms with Gasteiger partial charge in [0.1, 0.15) is 5.01 Å². The third-order valence-electron chi connectivity index (χ3n) is 6.18. The van der Waals surface area contributed by atoms with E-state index in [2.05, 4.69) is 15.6 Å². The minimum absolute atomic E-state index is 0.0425. The number of fused-ring (bicyclic) bond motifs is 1. The maximum absolute atomic E-state index is 13.7. The number of nitrogens with zero attached hydrogens (tertiary/aromatic N) is 2. The monoisotopic (exact) mass is 408 g/mol. The summed E-state index contributed by atoms with van der Waals surface area (Å²) < 4.78 is 0. The maximum atomic E-state index is 13.7. The second kappa shape index (κ2) is 7.63. The Kier molecular flexibility index (Phi) is 4.83.